The monoisotopic (exact) mass is 565 g/mol. The van der Waals surface area contributed by atoms with Crippen LogP contribution in [0, 0.1) is 12.7 Å². The van der Waals surface area contributed by atoms with E-state index < -0.39 is 5.82 Å². The molecule has 0 aliphatic carbocycles. The molecular weight excluding hydrogens is 541 g/mol. The van der Waals surface area contributed by atoms with E-state index in [-0.39, 0.29) is 11.4 Å². The summed E-state index contributed by atoms with van der Waals surface area (Å²) in [5, 5.41) is 11.5. The first-order chi connectivity index (χ1) is 20.4. The number of fused-ring (bicyclic) bond motifs is 3. The summed E-state index contributed by atoms with van der Waals surface area (Å²) < 4.78 is 25.1. The Morgan fingerprint density at radius 2 is 2.02 bits per heavy atom. The van der Waals surface area contributed by atoms with E-state index >= 15 is 4.39 Å². The van der Waals surface area contributed by atoms with Gasteiger partial charge in [-0.3, -0.25) is 4.57 Å². The summed E-state index contributed by atoms with van der Waals surface area (Å²) in [6, 6.07) is 8.45. The number of rotatable bonds is 6. The second-order valence-electron chi connectivity index (χ2n) is 9.82. The third-order valence-electron chi connectivity index (χ3n) is 7.31. The van der Waals surface area contributed by atoms with Crippen LogP contribution < -0.4 is 20.6 Å². The van der Waals surface area contributed by atoms with E-state index in [0.29, 0.717) is 65.0 Å². The Bertz CT molecular complexity index is 2080. The maximum absolute atomic E-state index is 15.6. The second kappa shape index (κ2) is 9.76. The van der Waals surface area contributed by atoms with Gasteiger partial charge in [-0.2, -0.15) is 0 Å². The minimum atomic E-state index is -0.504. The Morgan fingerprint density at radius 3 is 2.88 bits per heavy atom. The van der Waals surface area contributed by atoms with Crippen molar-refractivity contribution in [1.29, 1.82) is 0 Å². The molecule has 0 spiro atoms. The van der Waals surface area contributed by atoms with Gasteiger partial charge < -0.3 is 24.5 Å². The second-order valence-corrected chi connectivity index (χ2v) is 9.82. The summed E-state index contributed by atoms with van der Waals surface area (Å²) >= 11 is 0. The fourth-order valence-electron chi connectivity index (χ4n) is 5.00. The standard InChI is InChI=1S/C28H24FN11O2/c1-4-22-36-37-23-13-39(9-10-40(22)23)27-30-12-19-25(35-27)26(32-14-31-19)33-17-6-8-21(15(2)24(17)29)42-16-5-7-20-18(11-16)34-28(41)38(20)3/h4-8,11-12,14H,1,9-10,13H2,2-3H3,(H,34,41)(H,31,32,33). The van der Waals surface area contributed by atoms with Crippen LogP contribution in [0.2, 0.25) is 0 Å². The highest BCUT2D eigenvalue weighted by Crippen LogP contribution is 2.33. The van der Waals surface area contributed by atoms with Gasteiger partial charge >= 0.3 is 5.69 Å². The summed E-state index contributed by atoms with van der Waals surface area (Å²) in [6.45, 7) is 7.21. The van der Waals surface area contributed by atoms with Gasteiger partial charge in [0.2, 0.25) is 5.95 Å². The molecule has 0 saturated carbocycles. The van der Waals surface area contributed by atoms with E-state index in [2.05, 4.69) is 42.0 Å². The van der Waals surface area contributed by atoms with Crippen molar-refractivity contribution in [2.45, 2.75) is 20.0 Å². The molecule has 6 aromatic rings. The molecular formula is C28H24FN11O2. The van der Waals surface area contributed by atoms with E-state index in [0.717, 1.165) is 17.2 Å². The highest BCUT2D eigenvalue weighted by molar-refractivity contribution is 5.87. The molecule has 0 fully saturated rings. The molecule has 42 heavy (non-hydrogen) atoms. The van der Waals surface area contributed by atoms with Crippen LogP contribution in [0.3, 0.4) is 0 Å². The van der Waals surface area contributed by atoms with Crippen molar-refractivity contribution in [2.75, 3.05) is 16.8 Å². The third-order valence-corrected chi connectivity index (χ3v) is 7.31. The third kappa shape index (κ3) is 4.20. The van der Waals surface area contributed by atoms with Crippen LogP contribution >= 0.6 is 0 Å². The number of aryl methyl sites for hydroxylation is 1. The van der Waals surface area contributed by atoms with Gasteiger partial charge in [-0.25, -0.2) is 29.1 Å². The van der Waals surface area contributed by atoms with E-state index in [1.807, 2.05) is 9.47 Å². The SMILES string of the molecule is C=Cc1nnc2n1CCN(c1ncc3ncnc(Nc4ccc(Oc5ccc6c(c5)[nH]c(=O)n6C)c(C)c4F)c3n1)C2. The first-order valence-corrected chi connectivity index (χ1v) is 13.1. The Labute approximate surface area is 237 Å². The zero-order valence-electron chi connectivity index (χ0n) is 22.7. The summed E-state index contributed by atoms with van der Waals surface area (Å²) in [7, 11) is 1.68. The molecule has 0 saturated heterocycles. The molecule has 7 rings (SSSR count). The lowest BCUT2D eigenvalue weighted by Gasteiger charge is -2.27. The van der Waals surface area contributed by atoms with Gasteiger partial charge in [0.15, 0.2) is 23.3 Å². The quantitative estimate of drug-likeness (QED) is 0.306. The van der Waals surface area contributed by atoms with Crippen LogP contribution in [0.4, 0.5) is 21.8 Å². The smallest absolute Gasteiger partial charge is 0.326 e. The molecule has 0 bridgehead atoms. The van der Waals surface area contributed by atoms with Crippen LogP contribution in [0.25, 0.3) is 28.1 Å². The zero-order valence-corrected chi connectivity index (χ0v) is 22.7. The van der Waals surface area contributed by atoms with Crippen molar-refractivity contribution in [3.63, 3.8) is 0 Å². The normalized spacial score (nSPS) is 13.0. The van der Waals surface area contributed by atoms with Gasteiger partial charge in [-0.15, -0.1) is 10.2 Å². The molecule has 0 radical (unpaired) electrons. The molecule has 0 unspecified atom stereocenters. The fourth-order valence-corrected chi connectivity index (χ4v) is 5.00. The highest BCUT2D eigenvalue weighted by atomic mass is 19.1. The molecule has 13 nitrogen and oxygen atoms in total. The highest BCUT2D eigenvalue weighted by Gasteiger charge is 2.23. The lowest BCUT2D eigenvalue weighted by Crippen LogP contribution is -2.35. The van der Waals surface area contributed by atoms with Crippen LogP contribution in [0.5, 0.6) is 11.5 Å². The predicted octanol–water partition coefficient (Wildman–Crippen LogP) is 3.84. The number of halogens is 1. The zero-order chi connectivity index (χ0) is 29.0. The van der Waals surface area contributed by atoms with Gasteiger partial charge in [0.25, 0.3) is 0 Å². The number of benzene rings is 2. The Hall–Kier alpha value is -5.66. The fraction of sp³-hybridized carbons (Fsp3) is 0.179. The Balaban J connectivity index is 1.16. The Morgan fingerprint density at radius 1 is 1.14 bits per heavy atom. The first kappa shape index (κ1) is 25.3. The van der Waals surface area contributed by atoms with Crippen molar-refractivity contribution in [3.05, 3.63) is 82.9 Å². The van der Waals surface area contributed by atoms with Crippen LogP contribution in [-0.4, -0.2) is 50.8 Å². The Kier molecular flexibility index (Phi) is 5.88. The first-order valence-electron chi connectivity index (χ1n) is 13.1. The van der Waals surface area contributed by atoms with Gasteiger partial charge in [0.1, 0.15) is 28.9 Å². The molecule has 210 valence electrons. The lowest BCUT2D eigenvalue weighted by atomic mass is 10.1. The molecule has 1 aliphatic heterocycles. The van der Waals surface area contributed by atoms with Crippen LogP contribution in [0.15, 0.2) is 54.2 Å². The number of nitrogens with one attached hydrogen (secondary N) is 2. The average molecular weight is 566 g/mol. The molecule has 2 aromatic carbocycles. The van der Waals surface area contributed by atoms with E-state index in [4.69, 9.17) is 9.72 Å². The molecule has 2 N–H and O–H groups in total. The van der Waals surface area contributed by atoms with Crippen LogP contribution in [-0.2, 0) is 20.1 Å². The number of ether oxygens (including phenoxy) is 1. The van der Waals surface area contributed by atoms with Crippen molar-refractivity contribution >= 4 is 45.6 Å². The summed E-state index contributed by atoms with van der Waals surface area (Å²) in [6.07, 6.45) is 4.68. The minimum Gasteiger partial charge on any atom is -0.457 e. The van der Waals surface area contributed by atoms with Crippen molar-refractivity contribution < 1.29 is 9.13 Å². The van der Waals surface area contributed by atoms with E-state index in [9.17, 15) is 4.79 Å². The van der Waals surface area contributed by atoms with Crippen molar-refractivity contribution in [1.82, 2.24) is 44.3 Å². The van der Waals surface area contributed by atoms with Crippen molar-refractivity contribution in [3.8, 4) is 11.5 Å². The van der Waals surface area contributed by atoms with E-state index in [1.165, 1.54) is 10.9 Å². The molecule has 0 atom stereocenters. The van der Waals surface area contributed by atoms with Crippen molar-refractivity contribution in [2.24, 2.45) is 7.05 Å². The number of nitrogens with zero attached hydrogens (tertiary/aromatic N) is 9. The largest absolute Gasteiger partial charge is 0.457 e. The number of hydrogen-bond donors (Lipinski definition) is 2. The number of H-pyrrole nitrogens is 1. The van der Waals surface area contributed by atoms with E-state index in [1.54, 1.807) is 56.6 Å². The number of aromatic amines is 1. The number of aromatic nitrogens is 9. The topological polar surface area (TPSA) is 145 Å². The maximum atomic E-state index is 15.6. The molecule has 5 heterocycles. The summed E-state index contributed by atoms with van der Waals surface area (Å²) in [5.41, 5.74) is 2.60. The molecule has 1 aliphatic rings. The number of anilines is 3. The van der Waals surface area contributed by atoms with Gasteiger partial charge in [-0.05, 0) is 37.3 Å². The summed E-state index contributed by atoms with van der Waals surface area (Å²) in [5.74, 6) is 2.64. The average Bonchev–Trinajstić information content (AvgIpc) is 3.55. The molecule has 4 aromatic heterocycles. The minimum absolute atomic E-state index is 0.200. The number of hydrogen-bond acceptors (Lipinski definition) is 10. The van der Waals surface area contributed by atoms with Crippen LogP contribution in [0.1, 0.15) is 17.2 Å². The van der Waals surface area contributed by atoms with Gasteiger partial charge in [0, 0.05) is 31.8 Å². The lowest BCUT2D eigenvalue weighted by molar-refractivity contribution is 0.472. The molecule has 0 amide bonds. The summed E-state index contributed by atoms with van der Waals surface area (Å²) in [4.78, 5) is 34.5. The van der Waals surface area contributed by atoms with Gasteiger partial charge in [0.05, 0.1) is 29.5 Å². The number of imidazole rings is 1. The van der Waals surface area contributed by atoms with Gasteiger partial charge in [-0.1, -0.05) is 6.58 Å². The molecule has 14 heteroatoms. The maximum Gasteiger partial charge on any atom is 0.326 e. The predicted molar refractivity (Wildman–Crippen MR) is 154 cm³/mol.